The van der Waals surface area contributed by atoms with Crippen LogP contribution < -0.4 is 10.0 Å². The highest BCUT2D eigenvalue weighted by molar-refractivity contribution is 7.89. The summed E-state index contributed by atoms with van der Waals surface area (Å²) in [4.78, 5) is 24.1. The van der Waals surface area contributed by atoms with E-state index in [0.29, 0.717) is 6.42 Å². The number of benzene rings is 1. The predicted molar refractivity (Wildman–Crippen MR) is 89.7 cm³/mol. The average molecular weight is 356 g/mol. The Morgan fingerprint density at radius 1 is 1.04 bits per heavy atom. The van der Waals surface area contributed by atoms with Gasteiger partial charge in [-0.2, -0.15) is 4.72 Å². The van der Waals surface area contributed by atoms with Crippen LogP contribution in [-0.4, -0.2) is 39.0 Å². The molecule has 0 saturated carbocycles. The zero-order valence-corrected chi connectivity index (χ0v) is 14.9. The lowest BCUT2D eigenvalue weighted by atomic mass is 10.2. The molecule has 0 aliphatic rings. The minimum absolute atomic E-state index is 0.0775. The Hall–Kier alpha value is -1.93. The van der Waals surface area contributed by atoms with Crippen molar-refractivity contribution < 1.29 is 22.7 Å². The number of carbonyl (C=O) groups is 2. The second-order valence-electron chi connectivity index (χ2n) is 5.12. The van der Waals surface area contributed by atoms with E-state index in [-0.39, 0.29) is 17.9 Å². The number of sulfonamides is 1. The van der Waals surface area contributed by atoms with Crippen LogP contribution >= 0.6 is 0 Å². The molecule has 7 nitrogen and oxygen atoms in total. The van der Waals surface area contributed by atoms with Crippen LogP contribution in [0.3, 0.4) is 0 Å². The molecule has 0 spiro atoms. The van der Waals surface area contributed by atoms with E-state index in [2.05, 4.69) is 10.0 Å². The summed E-state index contributed by atoms with van der Waals surface area (Å²) in [5, 5.41) is 2.54. The maximum atomic E-state index is 12.3. The Kier molecular flexibility index (Phi) is 7.87. The lowest BCUT2D eigenvalue weighted by molar-refractivity contribution is -0.147. The van der Waals surface area contributed by atoms with Gasteiger partial charge in [-0.25, -0.2) is 13.2 Å². The number of carbonyl (C=O) groups excluding carboxylic acids is 2. The Bertz CT molecular complexity index is 646. The fourth-order valence-corrected chi connectivity index (χ4v) is 3.32. The maximum Gasteiger partial charge on any atom is 0.328 e. The third kappa shape index (κ3) is 5.61. The van der Waals surface area contributed by atoms with Crippen LogP contribution in [0.25, 0.3) is 0 Å². The molecule has 134 valence electrons. The molecule has 0 fully saturated rings. The van der Waals surface area contributed by atoms with Crippen molar-refractivity contribution in [3.8, 4) is 0 Å². The fourth-order valence-electron chi connectivity index (χ4n) is 2.02. The Morgan fingerprint density at radius 3 is 2.12 bits per heavy atom. The zero-order chi connectivity index (χ0) is 18.2. The van der Waals surface area contributed by atoms with Crippen molar-refractivity contribution in [3.63, 3.8) is 0 Å². The van der Waals surface area contributed by atoms with E-state index in [1.54, 1.807) is 39.0 Å². The number of hydrogen-bond acceptors (Lipinski definition) is 5. The lowest BCUT2D eigenvalue weighted by Gasteiger charge is -2.21. The number of rotatable bonds is 9. The van der Waals surface area contributed by atoms with Gasteiger partial charge >= 0.3 is 5.97 Å². The van der Waals surface area contributed by atoms with Crippen LogP contribution in [0.15, 0.2) is 35.2 Å². The summed E-state index contributed by atoms with van der Waals surface area (Å²) >= 11 is 0. The first-order valence-corrected chi connectivity index (χ1v) is 9.38. The molecule has 1 rings (SSSR count). The molecule has 0 saturated heterocycles. The quantitative estimate of drug-likeness (QED) is 0.648. The van der Waals surface area contributed by atoms with Gasteiger partial charge in [0.1, 0.15) is 12.1 Å². The van der Waals surface area contributed by atoms with Crippen molar-refractivity contribution >= 4 is 21.9 Å². The largest absolute Gasteiger partial charge is 0.464 e. The molecular weight excluding hydrogens is 332 g/mol. The van der Waals surface area contributed by atoms with Gasteiger partial charge in [0, 0.05) is 0 Å². The predicted octanol–water partition coefficient (Wildman–Crippen LogP) is 1.20. The summed E-state index contributed by atoms with van der Waals surface area (Å²) in [5.41, 5.74) is 0. The zero-order valence-electron chi connectivity index (χ0n) is 14.1. The van der Waals surface area contributed by atoms with Crippen molar-refractivity contribution in [3.05, 3.63) is 30.3 Å². The van der Waals surface area contributed by atoms with Crippen molar-refractivity contribution in [1.29, 1.82) is 0 Å². The molecule has 0 bridgehead atoms. The highest BCUT2D eigenvalue weighted by Crippen LogP contribution is 2.09. The molecule has 2 N–H and O–H groups in total. The van der Waals surface area contributed by atoms with Crippen LogP contribution in [0.4, 0.5) is 0 Å². The van der Waals surface area contributed by atoms with Crippen molar-refractivity contribution in [2.75, 3.05) is 6.61 Å². The van der Waals surface area contributed by atoms with Crippen molar-refractivity contribution in [1.82, 2.24) is 10.0 Å². The van der Waals surface area contributed by atoms with Gasteiger partial charge in [0.15, 0.2) is 0 Å². The molecule has 0 unspecified atom stereocenters. The molecule has 1 aromatic rings. The molecule has 1 amide bonds. The second-order valence-corrected chi connectivity index (χ2v) is 6.83. The molecule has 1 aromatic carbocycles. The topological polar surface area (TPSA) is 102 Å². The normalized spacial score (nSPS) is 13.8. The van der Waals surface area contributed by atoms with Crippen molar-refractivity contribution in [2.24, 2.45) is 0 Å². The molecule has 0 radical (unpaired) electrons. The summed E-state index contributed by atoms with van der Waals surface area (Å²) < 4.78 is 31.9. The molecule has 24 heavy (non-hydrogen) atoms. The van der Waals surface area contributed by atoms with Crippen LogP contribution in [0, 0.1) is 0 Å². The first-order valence-electron chi connectivity index (χ1n) is 7.90. The number of amides is 1. The highest BCUT2D eigenvalue weighted by atomic mass is 32.2. The van der Waals surface area contributed by atoms with E-state index >= 15 is 0 Å². The Balaban J connectivity index is 2.82. The van der Waals surface area contributed by atoms with Gasteiger partial charge in [0.25, 0.3) is 0 Å². The van der Waals surface area contributed by atoms with E-state index in [4.69, 9.17) is 4.74 Å². The summed E-state index contributed by atoms with van der Waals surface area (Å²) in [6.07, 6.45) is 0.601. The Labute approximate surface area is 142 Å². The van der Waals surface area contributed by atoms with Gasteiger partial charge in [0.05, 0.1) is 11.5 Å². The van der Waals surface area contributed by atoms with Crippen molar-refractivity contribution in [2.45, 2.75) is 50.6 Å². The first kappa shape index (κ1) is 20.1. The maximum absolute atomic E-state index is 12.3. The van der Waals surface area contributed by atoms with E-state index < -0.39 is 34.0 Å². The van der Waals surface area contributed by atoms with Gasteiger partial charge in [-0.15, -0.1) is 0 Å². The average Bonchev–Trinajstić information content (AvgIpc) is 2.58. The monoisotopic (exact) mass is 356 g/mol. The second kappa shape index (κ2) is 9.39. The summed E-state index contributed by atoms with van der Waals surface area (Å²) in [5.74, 6) is -1.09. The summed E-state index contributed by atoms with van der Waals surface area (Å²) in [6.45, 7) is 5.30. The van der Waals surface area contributed by atoms with E-state index in [1.807, 2.05) is 0 Å². The van der Waals surface area contributed by atoms with Gasteiger partial charge < -0.3 is 10.1 Å². The third-order valence-electron chi connectivity index (χ3n) is 3.37. The Morgan fingerprint density at radius 2 is 1.62 bits per heavy atom. The minimum atomic E-state index is -3.82. The summed E-state index contributed by atoms with van der Waals surface area (Å²) in [7, 11) is -3.82. The van der Waals surface area contributed by atoms with E-state index in [9.17, 15) is 18.0 Å². The van der Waals surface area contributed by atoms with E-state index in [1.165, 1.54) is 12.1 Å². The number of hydrogen-bond donors (Lipinski definition) is 2. The molecule has 0 aromatic heterocycles. The van der Waals surface area contributed by atoms with Gasteiger partial charge in [-0.05, 0) is 31.9 Å². The lowest BCUT2D eigenvalue weighted by Crippen LogP contribution is -2.51. The fraction of sp³-hybridized carbons (Fsp3) is 0.500. The molecular formula is C16H24N2O5S. The number of nitrogens with one attached hydrogen (secondary N) is 2. The minimum Gasteiger partial charge on any atom is -0.464 e. The van der Waals surface area contributed by atoms with Crippen LogP contribution in [0.1, 0.15) is 33.6 Å². The third-order valence-corrected chi connectivity index (χ3v) is 4.86. The molecule has 0 heterocycles. The summed E-state index contributed by atoms with van der Waals surface area (Å²) in [6, 6.07) is 6.02. The van der Waals surface area contributed by atoms with Gasteiger partial charge in [0.2, 0.25) is 15.9 Å². The van der Waals surface area contributed by atoms with Gasteiger partial charge in [-0.1, -0.05) is 32.0 Å². The highest BCUT2D eigenvalue weighted by Gasteiger charge is 2.28. The SMILES string of the molecule is CCOC(=O)[C@H](CC)NC(=O)[C@H](CC)NS(=O)(=O)c1ccccc1. The van der Waals surface area contributed by atoms with Crippen LogP contribution in [0.5, 0.6) is 0 Å². The number of esters is 1. The number of ether oxygens (including phenoxy) is 1. The molecule has 0 aliphatic heterocycles. The molecule has 0 aliphatic carbocycles. The van der Waals surface area contributed by atoms with Gasteiger partial charge in [-0.3, -0.25) is 4.79 Å². The van der Waals surface area contributed by atoms with E-state index in [0.717, 1.165) is 0 Å². The smallest absolute Gasteiger partial charge is 0.328 e. The molecule has 8 heteroatoms. The first-order chi connectivity index (χ1) is 11.4. The van der Waals surface area contributed by atoms with Crippen LogP contribution in [-0.2, 0) is 24.3 Å². The standard InChI is InChI=1S/C16H24N2O5S/c1-4-13(15(19)17-14(5-2)16(20)23-6-3)18-24(21,22)12-10-8-7-9-11-12/h7-11,13-14,18H,4-6H2,1-3H3,(H,17,19)/t13-,14-/m0/s1. The molecule has 2 atom stereocenters. The van der Waals surface area contributed by atoms with Crippen LogP contribution in [0.2, 0.25) is 0 Å².